The highest BCUT2D eigenvalue weighted by Crippen LogP contribution is 2.27. The van der Waals surface area contributed by atoms with Crippen LogP contribution in [0.5, 0.6) is 0 Å². The molecule has 4 nitrogen and oxygen atoms in total. The molecule has 0 amide bonds. The fourth-order valence-corrected chi connectivity index (χ4v) is 6.28. The van der Waals surface area contributed by atoms with E-state index in [0.29, 0.717) is 0 Å². The number of fused-ring (bicyclic) bond motifs is 2. The molecule has 42 heavy (non-hydrogen) atoms. The number of hydrogen-bond acceptors (Lipinski definition) is 0. The molecule has 0 saturated heterocycles. The smallest absolute Gasteiger partial charge is 0.233 e. The minimum Gasteiger partial charge on any atom is -0.233 e. The maximum Gasteiger partial charge on any atom is 0.244 e. The molecule has 0 aliphatic rings. The highest BCUT2D eigenvalue weighted by molar-refractivity contribution is 5.86. The molecule has 0 saturated carbocycles. The summed E-state index contributed by atoms with van der Waals surface area (Å²) in [7, 11) is 0. The summed E-state index contributed by atoms with van der Waals surface area (Å²) >= 11 is 0. The summed E-state index contributed by atoms with van der Waals surface area (Å²) in [5, 5.41) is 5.20. The molecule has 0 N–H and O–H groups in total. The average Bonchev–Trinajstić information content (AvgIpc) is 3.71. The van der Waals surface area contributed by atoms with Crippen LogP contribution < -0.4 is 9.13 Å². The van der Waals surface area contributed by atoms with Crippen molar-refractivity contribution in [2.75, 3.05) is 0 Å². The Balaban J connectivity index is 1.10. The first-order valence-corrected chi connectivity index (χ1v) is 14.8. The van der Waals surface area contributed by atoms with E-state index in [0.717, 1.165) is 13.1 Å². The zero-order chi connectivity index (χ0) is 28.5. The van der Waals surface area contributed by atoms with E-state index in [1.54, 1.807) is 0 Å². The molecule has 2 heterocycles. The largest absolute Gasteiger partial charge is 0.244 e. The van der Waals surface area contributed by atoms with Crippen LogP contribution in [0.4, 0.5) is 0 Å². The third-order valence-corrected chi connectivity index (χ3v) is 8.69. The summed E-state index contributed by atoms with van der Waals surface area (Å²) < 4.78 is 9.21. The molecule has 0 bridgehead atoms. The summed E-state index contributed by atoms with van der Waals surface area (Å²) in [5.41, 5.74) is 5.35. The Morgan fingerprint density at radius 2 is 0.905 bits per heavy atom. The Morgan fingerprint density at radius 3 is 1.38 bits per heavy atom. The van der Waals surface area contributed by atoms with Crippen LogP contribution in [0, 0.1) is 0 Å². The van der Waals surface area contributed by atoms with Crippen molar-refractivity contribution >= 4 is 21.5 Å². The third-order valence-electron chi connectivity index (χ3n) is 8.69. The average molecular weight is 549 g/mol. The Morgan fingerprint density at radius 1 is 0.500 bits per heavy atom. The topological polar surface area (TPSA) is 17.6 Å². The van der Waals surface area contributed by atoms with Crippen LogP contribution in [-0.2, 0) is 13.1 Å². The fraction of sp³-hybridized carbons (Fsp3) is 0.158. The van der Waals surface area contributed by atoms with Gasteiger partial charge in [0.05, 0.1) is 0 Å². The lowest BCUT2D eigenvalue weighted by atomic mass is 10.00. The Kier molecular flexibility index (Phi) is 6.89. The quantitative estimate of drug-likeness (QED) is 0.175. The maximum absolute atomic E-state index is 2.31. The molecule has 7 rings (SSSR count). The molecule has 0 fully saturated rings. The molecule has 0 unspecified atom stereocenters. The van der Waals surface area contributed by atoms with Crippen LogP contribution in [0.2, 0.25) is 0 Å². The SMILES string of the molecule is C[C@H](c1cccc2ccccc12)n1cc[n+](Cc2ccccc2C[n+]2ccn([C@H](C)c3cccc4ccccc34)c2)c1. The van der Waals surface area contributed by atoms with Crippen LogP contribution in [0.15, 0.2) is 147 Å². The van der Waals surface area contributed by atoms with Gasteiger partial charge in [-0.1, -0.05) is 109 Å². The van der Waals surface area contributed by atoms with Gasteiger partial charge in [0.1, 0.15) is 50.0 Å². The van der Waals surface area contributed by atoms with E-state index < -0.39 is 0 Å². The Labute approximate surface area is 247 Å². The second-order valence-corrected chi connectivity index (χ2v) is 11.3. The minimum atomic E-state index is 0.242. The molecule has 5 aromatic carbocycles. The second kappa shape index (κ2) is 11.1. The molecule has 206 valence electrons. The number of aromatic nitrogens is 4. The van der Waals surface area contributed by atoms with Gasteiger partial charge in [0, 0.05) is 22.3 Å². The van der Waals surface area contributed by atoms with Crippen molar-refractivity contribution in [3.63, 3.8) is 0 Å². The third kappa shape index (κ3) is 5.01. The predicted molar refractivity (Wildman–Crippen MR) is 169 cm³/mol. The lowest BCUT2D eigenvalue weighted by molar-refractivity contribution is -0.693. The molecule has 0 spiro atoms. The molecule has 0 aliphatic carbocycles. The summed E-state index contributed by atoms with van der Waals surface area (Å²) in [6.45, 7) is 6.22. The second-order valence-electron chi connectivity index (χ2n) is 11.3. The first-order chi connectivity index (χ1) is 20.6. The number of imidazole rings is 2. The van der Waals surface area contributed by atoms with Gasteiger partial charge in [-0.05, 0) is 35.4 Å². The molecule has 7 aromatic rings. The van der Waals surface area contributed by atoms with Crippen molar-refractivity contribution < 1.29 is 9.13 Å². The molecular formula is C38H36N4+2. The highest BCUT2D eigenvalue weighted by atomic mass is 15.1. The Hall–Kier alpha value is -4.96. The normalized spacial score (nSPS) is 13.0. The zero-order valence-electron chi connectivity index (χ0n) is 24.2. The standard InChI is InChI=1S/C38H36N4/c1-29(35-19-9-15-31-11-5-7-17-37(31)35)41-23-21-39(27-41)25-33-13-3-4-14-34(33)26-40-22-24-42(28-40)30(2)36-20-10-16-32-12-6-8-18-38(32)36/h3-24,27-30H,25-26H2,1-2H3/q+2/t29-,30-/m1/s1. The summed E-state index contributed by atoms with van der Waals surface area (Å²) in [6, 6.07) is 39.8. The van der Waals surface area contributed by atoms with E-state index in [1.807, 2.05) is 0 Å². The molecule has 2 aromatic heterocycles. The van der Waals surface area contributed by atoms with Gasteiger partial charge in [-0.15, -0.1) is 0 Å². The van der Waals surface area contributed by atoms with E-state index in [1.165, 1.54) is 43.8 Å². The summed E-state index contributed by atoms with van der Waals surface area (Å²) in [6.07, 6.45) is 13.2. The first-order valence-electron chi connectivity index (χ1n) is 14.8. The van der Waals surface area contributed by atoms with Gasteiger partial charge in [0.15, 0.2) is 0 Å². The molecule has 4 heteroatoms. The number of benzene rings is 5. The van der Waals surface area contributed by atoms with Crippen LogP contribution in [0.1, 0.15) is 48.2 Å². The van der Waals surface area contributed by atoms with Gasteiger partial charge in [0.2, 0.25) is 12.7 Å². The van der Waals surface area contributed by atoms with Crippen LogP contribution >= 0.6 is 0 Å². The van der Waals surface area contributed by atoms with E-state index in [2.05, 4.69) is 179 Å². The lowest BCUT2D eigenvalue weighted by Gasteiger charge is -2.12. The van der Waals surface area contributed by atoms with Crippen LogP contribution in [0.3, 0.4) is 0 Å². The zero-order valence-corrected chi connectivity index (χ0v) is 24.2. The molecule has 2 atom stereocenters. The van der Waals surface area contributed by atoms with Crippen molar-refractivity contribution in [1.82, 2.24) is 9.13 Å². The van der Waals surface area contributed by atoms with Gasteiger partial charge in [-0.25, -0.2) is 18.3 Å². The van der Waals surface area contributed by atoms with Crippen molar-refractivity contribution in [2.45, 2.75) is 39.0 Å². The lowest BCUT2D eigenvalue weighted by Crippen LogP contribution is -2.35. The maximum atomic E-state index is 2.31. The van der Waals surface area contributed by atoms with Crippen molar-refractivity contribution in [3.05, 3.63) is 169 Å². The van der Waals surface area contributed by atoms with Gasteiger partial charge in [-0.3, -0.25) is 0 Å². The molecular weight excluding hydrogens is 512 g/mol. The summed E-state index contributed by atoms with van der Waals surface area (Å²) in [4.78, 5) is 0. The van der Waals surface area contributed by atoms with E-state index in [-0.39, 0.29) is 12.1 Å². The monoisotopic (exact) mass is 548 g/mol. The number of rotatable bonds is 8. The van der Waals surface area contributed by atoms with E-state index >= 15 is 0 Å². The minimum absolute atomic E-state index is 0.242. The highest BCUT2D eigenvalue weighted by Gasteiger charge is 2.19. The van der Waals surface area contributed by atoms with Gasteiger partial charge < -0.3 is 0 Å². The number of nitrogens with zero attached hydrogens (tertiary/aromatic N) is 4. The predicted octanol–water partition coefficient (Wildman–Crippen LogP) is 7.49. The van der Waals surface area contributed by atoms with E-state index in [4.69, 9.17) is 0 Å². The van der Waals surface area contributed by atoms with Crippen molar-refractivity contribution in [1.29, 1.82) is 0 Å². The molecule has 0 aliphatic heterocycles. The first kappa shape index (κ1) is 26.0. The fourth-order valence-electron chi connectivity index (χ4n) is 6.28. The Bertz CT molecular complexity index is 1840. The van der Waals surface area contributed by atoms with Crippen molar-refractivity contribution in [2.24, 2.45) is 0 Å². The van der Waals surface area contributed by atoms with Gasteiger partial charge in [0.25, 0.3) is 0 Å². The summed E-state index contributed by atoms with van der Waals surface area (Å²) in [5.74, 6) is 0. The van der Waals surface area contributed by atoms with E-state index in [9.17, 15) is 0 Å². The van der Waals surface area contributed by atoms with Crippen LogP contribution in [0.25, 0.3) is 21.5 Å². The van der Waals surface area contributed by atoms with Crippen LogP contribution in [-0.4, -0.2) is 9.13 Å². The van der Waals surface area contributed by atoms with Crippen molar-refractivity contribution in [3.8, 4) is 0 Å². The number of hydrogen-bond donors (Lipinski definition) is 0. The van der Waals surface area contributed by atoms with Gasteiger partial charge in [-0.2, -0.15) is 0 Å². The molecule has 0 radical (unpaired) electrons. The van der Waals surface area contributed by atoms with Gasteiger partial charge >= 0.3 is 0 Å².